The van der Waals surface area contributed by atoms with Gasteiger partial charge >= 0.3 is 0 Å². The summed E-state index contributed by atoms with van der Waals surface area (Å²) < 4.78 is 0. The van der Waals surface area contributed by atoms with Crippen molar-refractivity contribution < 1.29 is 15.0 Å². The third-order valence-corrected chi connectivity index (χ3v) is 8.58. The quantitative estimate of drug-likeness (QED) is 0.675. The van der Waals surface area contributed by atoms with E-state index in [9.17, 15) is 15.0 Å². The summed E-state index contributed by atoms with van der Waals surface area (Å²) in [6.45, 7) is 10.7. The molecule has 3 nitrogen and oxygen atoms in total. The molecule has 128 valence electrons. The molecule has 3 heteroatoms. The van der Waals surface area contributed by atoms with Gasteiger partial charge < -0.3 is 10.2 Å². The number of carbonyl (C=O) groups excluding carboxylic acids is 1. The summed E-state index contributed by atoms with van der Waals surface area (Å²) in [5.74, 6) is 0.943. The van der Waals surface area contributed by atoms with E-state index in [0.717, 1.165) is 37.7 Å². The molecule has 0 aliphatic heterocycles. The van der Waals surface area contributed by atoms with E-state index >= 15 is 0 Å². The van der Waals surface area contributed by atoms with Crippen LogP contribution in [0.25, 0.3) is 0 Å². The first kappa shape index (κ1) is 15.8. The number of fused-ring (bicyclic) bond motifs is 3. The minimum Gasteiger partial charge on any atom is -0.393 e. The van der Waals surface area contributed by atoms with Crippen LogP contribution in [0.15, 0.2) is 12.2 Å². The highest BCUT2D eigenvalue weighted by atomic mass is 16.3. The predicted molar refractivity (Wildman–Crippen MR) is 88.7 cm³/mol. The van der Waals surface area contributed by atoms with Crippen molar-refractivity contribution in [3.8, 4) is 0 Å². The minimum absolute atomic E-state index is 0.0349. The summed E-state index contributed by atoms with van der Waals surface area (Å²) in [7, 11) is 0. The molecule has 0 aromatic carbocycles. The van der Waals surface area contributed by atoms with E-state index in [1.807, 2.05) is 0 Å². The summed E-state index contributed by atoms with van der Waals surface area (Å²) in [5.41, 5.74) is 0.0192. The predicted octanol–water partition coefficient (Wildman–Crippen LogP) is 3.10. The fourth-order valence-electron chi connectivity index (χ4n) is 7.25. The molecule has 4 rings (SSSR count). The van der Waals surface area contributed by atoms with Crippen molar-refractivity contribution in [2.75, 3.05) is 0 Å². The van der Waals surface area contributed by atoms with Gasteiger partial charge in [-0.05, 0) is 72.7 Å². The number of aliphatic hydroxyl groups excluding tert-OH is 2. The van der Waals surface area contributed by atoms with E-state index in [4.69, 9.17) is 0 Å². The molecule has 0 aromatic heterocycles. The molecule has 23 heavy (non-hydrogen) atoms. The Kier molecular flexibility index (Phi) is 3.09. The Labute approximate surface area is 139 Å². The molecule has 2 bridgehead atoms. The van der Waals surface area contributed by atoms with Gasteiger partial charge in [0.05, 0.1) is 17.6 Å². The molecule has 0 unspecified atom stereocenters. The molecule has 4 aliphatic carbocycles. The van der Waals surface area contributed by atoms with Crippen molar-refractivity contribution in [3.63, 3.8) is 0 Å². The number of hydrogen-bond donors (Lipinski definition) is 2. The van der Waals surface area contributed by atoms with E-state index in [1.54, 1.807) is 0 Å². The monoisotopic (exact) mass is 318 g/mol. The number of carbonyl (C=O) groups is 1. The fourth-order valence-corrected chi connectivity index (χ4v) is 7.25. The molecule has 1 spiro atoms. The molecule has 0 aromatic rings. The van der Waals surface area contributed by atoms with Crippen LogP contribution in [0.5, 0.6) is 0 Å². The molecule has 2 N–H and O–H groups in total. The Balaban J connectivity index is 1.83. The van der Waals surface area contributed by atoms with Crippen LogP contribution in [-0.4, -0.2) is 28.2 Å². The SMILES string of the molecule is C=C1C(=O)[C@]23C[C@H]1CC[C@H]2[C@]1(C)CC[C@@H](O)C(C)(C)[C@H]1C[C@@H]3O. The van der Waals surface area contributed by atoms with Crippen molar-refractivity contribution in [2.45, 2.75) is 71.5 Å². The van der Waals surface area contributed by atoms with Gasteiger partial charge in [-0.3, -0.25) is 4.79 Å². The largest absolute Gasteiger partial charge is 0.393 e. The second-order valence-corrected chi connectivity index (χ2v) is 9.61. The van der Waals surface area contributed by atoms with E-state index < -0.39 is 11.5 Å². The average molecular weight is 318 g/mol. The minimum atomic E-state index is -0.580. The normalized spacial score (nSPS) is 54.6. The highest BCUT2D eigenvalue weighted by Crippen LogP contribution is 2.70. The Morgan fingerprint density at radius 1 is 1.04 bits per heavy atom. The van der Waals surface area contributed by atoms with Crippen LogP contribution in [0.1, 0.15) is 59.3 Å². The fraction of sp³-hybridized carbons (Fsp3) is 0.850. The smallest absolute Gasteiger partial charge is 0.167 e. The van der Waals surface area contributed by atoms with Gasteiger partial charge in [-0.15, -0.1) is 0 Å². The molecule has 0 amide bonds. The van der Waals surface area contributed by atoms with Gasteiger partial charge in [0, 0.05) is 0 Å². The summed E-state index contributed by atoms with van der Waals surface area (Å²) in [6, 6.07) is 0. The van der Waals surface area contributed by atoms with Crippen LogP contribution in [0.3, 0.4) is 0 Å². The van der Waals surface area contributed by atoms with Gasteiger partial charge in [-0.2, -0.15) is 0 Å². The molecular weight excluding hydrogens is 288 g/mol. The first-order valence-corrected chi connectivity index (χ1v) is 9.25. The topological polar surface area (TPSA) is 57.5 Å². The van der Waals surface area contributed by atoms with Crippen molar-refractivity contribution >= 4 is 5.78 Å². The van der Waals surface area contributed by atoms with Crippen LogP contribution in [0.2, 0.25) is 0 Å². The zero-order valence-corrected chi connectivity index (χ0v) is 14.6. The number of allylic oxidation sites excluding steroid dienone is 1. The van der Waals surface area contributed by atoms with Crippen molar-refractivity contribution in [1.29, 1.82) is 0 Å². The Hall–Kier alpha value is -0.670. The van der Waals surface area contributed by atoms with Crippen molar-refractivity contribution in [2.24, 2.45) is 34.0 Å². The van der Waals surface area contributed by atoms with E-state index in [2.05, 4.69) is 27.4 Å². The first-order chi connectivity index (χ1) is 10.7. The lowest BCUT2D eigenvalue weighted by Crippen LogP contribution is -2.65. The first-order valence-electron chi connectivity index (χ1n) is 9.25. The van der Waals surface area contributed by atoms with Crippen molar-refractivity contribution in [3.05, 3.63) is 12.2 Å². The number of ketones is 1. The highest BCUT2D eigenvalue weighted by molar-refractivity contribution is 6.03. The van der Waals surface area contributed by atoms with Gasteiger partial charge in [-0.25, -0.2) is 0 Å². The number of aliphatic hydroxyl groups is 2. The van der Waals surface area contributed by atoms with Crippen molar-refractivity contribution in [1.82, 2.24) is 0 Å². The lowest BCUT2D eigenvalue weighted by molar-refractivity contribution is -0.216. The van der Waals surface area contributed by atoms with Gasteiger partial charge in [0.15, 0.2) is 5.78 Å². The highest BCUT2D eigenvalue weighted by Gasteiger charge is 2.70. The summed E-state index contributed by atoms with van der Waals surface area (Å²) in [4.78, 5) is 13.1. The Bertz CT molecular complexity index is 579. The third-order valence-electron chi connectivity index (χ3n) is 8.58. The summed E-state index contributed by atoms with van der Waals surface area (Å²) >= 11 is 0. The average Bonchev–Trinajstić information content (AvgIpc) is 2.69. The van der Waals surface area contributed by atoms with Crippen LogP contribution in [0.4, 0.5) is 0 Å². The maximum atomic E-state index is 13.1. The van der Waals surface area contributed by atoms with Gasteiger partial charge in [-0.1, -0.05) is 27.4 Å². The summed E-state index contributed by atoms with van der Waals surface area (Å²) in [6.07, 6.45) is 4.38. The van der Waals surface area contributed by atoms with E-state index in [-0.39, 0.29) is 40.5 Å². The second-order valence-electron chi connectivity index (χ2n) is 9.61. The molecule has 4 aliphatic rings. The van der Waals surface area contributed by atoms with Gasteiger partial charge in [0.1, 0.15) is 0 Å². The van der Waals surface area contributed by atoms with E-state index in [0.29, 0.717) is 6.42 Å². The maximum Gasteiger partial charge on any atom is 0.167 e. The molecule has 4 saturated carbocycles. The summed E-state index contributed by atoms with van der Waals surface area (Å²) in [5, 5.41) is 21.6. The number of hydrogen-bond acceptors (Lipinski definition) is 3. The Morgan fingerprint density at radius 2 is 1.74 bits per heavy atom. The second kappa shape index (κ2) is 4.49. The maximum absolute atomic E-state index is 13.1. The molecule has 4 fully saturated rings. The van der Waals surface area contributed by atoms with Gasteiger partial charge in [0.2, 0.25) is 0 Å². The zero-order chi connectivity index (χ0) is 16.8. The standard InChI is InChI=1S/C20H30O3/c1-11-12-5-6-13-19(4)8-7-15(21)18(2,3)14(19)9-16(22)20(13,10-12)17(11)23/h12-16,21-22H,1,5-10H2,2-4H3/t12-,13+,14-,15-,16+,19+,20-/m1/s1. The molecule has 0 radical (unpaired) electrons. The van der Waals surface area contributed by atoms with Crippen LogP contribution in [0, 0.1) is 34.0 Å². The zero-order valence-electron chi connectivity index (χ0n) is 14.6. The molecule has 7 atom stereocenters. The van der Waals surface area contributed by atoms with E-state index in [1.165, 1.54) is 0 Å². The number of rotatable bonds is 0. The van der Waals surface area contributed by atoms with Crippen LogP contribution < -0.4 is 0 Å². The third kappa shape index (κ3) is 1.66. The molecule has 0 heterocycles. The lowest BCUT2D eigenvalue weighted by Gasteiger charge is -2.65. The molecule has 0 saturated heterocycles. The van der Waals surface area contributed by atoms with Crippen LogP contribution >= 0.6 is 0 Å². The Morgan fingerprint density at radius 3 is 2.43 bits per heavy atom. The van der Waals surface area contributed by atoms with Crippen LogP contribution in [-0.2, 0) is 4.79 Å². The lowest BCUT2D eigenvalue weighted by atomic mass is 9.40. The number of Topliss-reactive ketones (excluding diaryl/α,β-unsaturated/α-hetero) is 1. The van der Waals surface area contributed by atoms with Gasteiger partial charge in [0.25, 0.3) is 0 Å². The molecular formula is C20H30O3.